The van der Waals surface area contributed by atoms with Crippen LogP contribution >= 0.6 is 0 Å². The first kappa shape index (κ1) is 19.6. The average molecular weight is 404 g/mol. The van der Waals surface area contributed by atoms with E-state index in [-0.39, 0.29) is 5.91 Å². The van der Waals surface area contributed by atoms with Gasteiger partial charge in [-0.2, -0.15) is 0 Å². The van der Waals surface area contributed by atoms with Gasteiger partial charge in [0.05, 0.1) is 23.9 Å². The van der Waals surface area contributed by atoms with E-state index in [0.29, 0.717) is 47.3 Å². The number of rotatable bonds is 5. The van der Waals surface area contributed by atoms with Crippen molar-refractivity contribution in [2.45, 2.75) is 12.8 Å². The van der Waals surface area contributed by atoms with Crippen LogP contribution in [0.1, 0.15) is 23.2 Å². The van der Waals surface area contributed by atoms with Gasteiger partial charge in [-0.25, -0.2) is 9.78 Å². The number of esters is 1. The number of benzene rings is 2. The minimum Gasteiger partial charge on any atom is -0.497 e. The van der Waals surface area contributed by atoms with Crippen LogP contribution in [0.5, 0.6) is 5.75 Å². The molecule has 3 aromatic rings. The van der Waals surface area contributed by atoms with Gasteiger partial charge in [0.25, 0.3) is 5.91 Å². The lowest BCUT2D eigenvalue weighted by atomic mass is 10.0. The number of pyridine rings is 1. The van der Waals surface area contributed by atoms with Crippen molar-refractivity contribution in [3.63, 3.8) is 0 Å². The van der Waals surface area contributed by atoms with Crippen LogP contribution in [0.25, 0.3) is 22.2 Å². The monoisotopic (exact) mass is 404 g/mol. The smallest absolute Gasteiger partial charge is 0.339 e. The van der Waals surface area contributed by atoms with Crippen molar-refractivity contribution in [3.05, 3.63) is 60.2 Å². The van der Waals surface area contributed by atoms with Gasteiger partial charge in [-0.05, 0) is 42.8 Å². The lowest BCUT2D eigenvalue weighted by molar-refractivity contribution is -0.143. The van der Waals surface area contributed by atoms with Crippen molar-refractivity contribution >= 4 is 28.7 Å². The number of nitrogens with zero attached hydrogens (tertiary/aromatic N) is 2. The van der Waals surface area contributed by atoms with Gasteiger partial charge >= 0.3 is 5.97 Å². The number of amides is 2. The van der Waals surface area contributed by atoms with Gasteiger partial charge in [0.1, 0.15) is 5.75 Å². The van der Waals surface area contributed by atoms with Crippen LogP contribution in [0.4, 0.5) is 0 Å². The SMILES string of the molecule is COc1ccc(-c2cc(C(=O)OCC(=O)N3CCCC3=O)c3ccccc3n2)cc1. The van der Waals surface area contributed by atoms with Crippen LogP contribution < -0.4 is 4.74 Å². The predicted octanol–water partition coefficient (Wildman–Crippen LogP) is 3.22. The number of imide groups is 1. The molecule has 1 aliphatic heterocycles. The van der Waals surface area contributed by atoms with E-state index >= 15 is 0 Å². The molecule has 0 unspecified atom stereocenters. The summed E-state index contributed by atoms with van der Waals surface area (Å²) < 4.78 is 10.4. The number of hydrogen-bond acceptors (Lipinski definition) is 6. The quantitative estimate of drug-likeness (QED) is 0.607. The average Bonchev–Trinajstić information content (AvgIpc) is 3.22. The zero-order valence-electron chi connectivity index (χ0n) is 16.5. The Labute approximate surface area is 173 Å². The van der Waals surface area contributed by atoms with Crippen molar-refractivity contribution in [1.82, 2.24) is 9.88 Å². The molecular weight excluding hydrogens is 384 g/mol. The number of para-hydroxylation sites is 1. The lowest BCUT2D eigenvalue weighted by Crippen LogP contribution is -2.35. The van der Waals surface area contributed by atoms with E-state index in [1.165, 1.54) is 0 Å². The zero-order chi connectivity index (χ0) is 21.1. The van der Waals surface area contributed by atoms with E-state index in [2.05, 4.69) is 4.98 Å². The van der Waals surface area contributed by atoms with Crippen molar-refractivity contribution in [2.75, 3.05) is 20.3 Å². The molecule has 2 heterocycles. The van der Waals surface area contributed by atoms with Gasteiger partial charge in [-0.1, -0.05) is 18.2 Å². The molecule has 1 fully saturated rings. The maximum absolute atomic E-state index is 12.8. The zero-order valence-corrected chi connectivity index (χ0v) is 16.5. The third-order valence-corrected chi connectivity index (χ3v) is 5.02. The molecule has 0 radical (unpaired) electrons. The predicted molar refractivity (Wildman–Crippen MR) is 110 cm³/mol. The standard InChI is InChI=1S/C23H20N2O5/c1-29-16-10-8-15(9-11-16)20-13-18(17-5-2-3-6-19(17)24-20)23(28)30-14-22(27)25-12-4-7-21(25)26/h2-3,5-6,8-11,13H,4,7,12,14H2,1H3. The molecule has 2 aromatic carbocycles. The minimum absolute atomic E-state index is 0.229. The third kappa shape index (κ3) is 3.87. The fourth-order valence-corrected chi connectivity index (χ4v) is 3.45. The molecule has 0 saturated carbocycles. The van der Waals surface area contributed by atoms with E-state index in [9.17, 15) is 14.4 Å². The molecule has 0 atom stereocenters. The highest BCUT2D eigenvalue weighted by Crippen LogP contribution is 2.27. The molecule has 0 aliphatic carbocycles. The second-order valence-corrected chi connectivity index (χ2v) is 6.92. The normalized spacial score (nSPS) is 13.5. The van der Waals surface area contributed by atoms with Gasteiger partial charge in [0.15, 0.2) is 6.61 Å². The third-order valence-electron chi connectivity index (χ3n) is 5.02. The number of carbonyl (C=O) groups excluding carboxylic acids is 3. The van der Waals surface area contributed by atoms with Crippen molar-refractivity contribution in [3.8, 4) is 17.0 Å². The van der Waals surface area contributed by atoms with Gasteiger partial charge < -0.3 is 9.47 Å². The van der Waals surface area contributed by atoms with E-state index in [4.69, 9.17) is 9.47 Å². The first-order valence-corrected chi connectivity index (χ1v) is 9.61. The molecule has 152 valence electrons. The Balaban J connectivity index is 1.62. The second-order valence-electron chi connectivity index (χ2n) is 6.92. The highest BCUT2D eigenvalue weighted by Gasteiger charge is 2.27. The van der Waals surface area contributed by atoms with E-state index in [1.54, 1.807) is 19.2 Å². The van der Waals surface area contributed by atoms with Crippen molar-refractivity contribution in [1.29, 1.82) is 0 Å². The Kier molecular flexibility index (Phi) is 5.43. The summed E-state index contributed by atoms with van der Waals surface area (Å²) in [7, 11) is 1.59. The number of aromatic nitrogens is 1. The molecule has 30 heavy (non-hydrogen) atoms. The molecule has 4 rings (SSSR count). The maximum Gasteiger partial charge on any atom is 0.339 e. The minimum atomic E-state index is -0.636. The molecule has 1 aromatic heterocycles. The Morgan fingerprint density at radius 3 is 2.57 bits per heavy atom. The summed E-state index contributed by atoms with van der Waals surface area (Å²) in [5.74, 6) is -0.649. The Morgan fingerprint density at radius 2 is 1.87 bits per heavy atom. The number of likely N-dealkylation sites (tertiary alicyclic amines) is 1. The summed E-state index contributed by atoms with van der Waals surface area (Å²) in [6.45, 7) is -0.103. The van der Waals surface area contributed by atoms with Gasteiger partial charge in [0.2, 0.25) is 5.91 Å². The summed E-state index contributed by atoms with van der Waals surface area (Å²) in [5.41, 5.74) is 2.37. The second kappa shape index (κ2) is 8.32. The Morgan fingerprint density at radius 1 is 1.10 bits per heavy atom. The highest BCUT2D eigenvalue weighted by atomic mass is 16.5. The molecule has 0 spiro atoms. The summed E-state index contributed by atoms with van der Waals surface area (Å²) in [6, 6.07) is 16.2. The lowest BCUT2D eigenvalue weighted by Gasteiger charge is -2.14. The molecule has 2 amide bonds. The largest absolute Gasteiger partial charge is 0.497 e. The molecule has 1 saturated heterocycles. The van der Waals surface area contributed by atoms with E-state index in [1.807, 2.05) is 42.5 Å². The first-order chi connectivity index (χ1) is 14.6. The fourth-order valence-electron chi connectivity index (χ4n) is 3.45. The molecule has 7 nitrogen and oxygen atoms in total. The Hall–Kier alpha value is -3.74. The van der Waals surface area contributed by atoms with Crippen LogP contribution in [-0.2, 0) is 14.3 Å². The van der Waals surface area contributed by atoms with Gasteiger partial charge in [0, 0.05) is 23.9 Å². The molecular formula is C23H20N2O5. The number of carbonyl (C=O) groups is 3. The molecule has 0 bridgehead atoms. The van der Waals surface area contributed by atoms with Gasteiger partial charge in [-0.3, -0.25) is 14.5 Å². The topological polar surface area (TPSA) is 85.8 Å². The van der Waals surface area contributed by atoms with E-state index < -0.39 is 18.5 Å². The summed E-state index contributed by atoms with van der Waals surface area (Å²) in [5, 5.41) is 0.629. The van der Waals surface area contributed by atoms with Crippen LogP contribution in [0.2, 0.25) is 0 Å². The number of fused-ring (bicyclic) bond motifs is 1. The highest BCUT2D eigenvalue weighted by molar-refractivity contribution is 6.05. The van der Waals surface area contributed by atoms with E-state index in [0.717, 1.165) is 10.5 Å². The van der Waals surface area contributed by atoms with Crippen LogP contribution in [0, 0.1) is 0 Å². The summed E-state index contributed by atoms with van der Waals surface area (Å²) in [6.07, 6.45) is 0.985. The Bertz CT molecular complexity index is 1120. The summed E-state index contributed by atoms with van der Waals surface area (Å²) >= 11 is 0. The van der Waals surface area contributed by atoms with Gasteiger partial charge in [-0.15, -0.1) is 0 Å². The molecule has 1 aliphatic rings. The van der Waals surface area contributed by atoms with Crippen LogP contribution in [-0.4, -0.2) is 47.9 Å². The first-order valence-electron chi connectivity index (χ1n) is 9.61. The molecule has 7 heteroatoms. The summed E-state index contributed by atoms with van der Waals surface area (Å²) in [4.78, 5) is 42.5. The van der Waals surface area contributed by atoms with Crippen LogP contribution in [0.3, 0.4) is 0 Å². The molecule has 0 N–H and O–H groups in total. The van der Waals surface area contributed by atoms with Crippen LogP contribution in [0.15, 0.2) is 54.6 Å². The number of ether oxygens (including phenoxy) is 2. The van der Waals surface area contributed by atoms with Crippen molar-refractivity contribution in [2.24, 2.45) is 0 Å². The maximum atomic E-state index is 12.8. The number of methoxy groups -OCH3 is 1. The number of hydrogen-bond donors (Lipinski definition) is 0. The van der Waals surface area contributed by atoms with Crippen molar-refractivity contribution < 1.29 is 23.9 Å². The fraction of sp³-hybridized carbons (Fsp3) is 0.217.